The van der Waals surface area contributed by atoms with Gasteiger partial charge in [-0.2, -0.15) is 0 Å². The Labute approximate surface area is 137 Å². The van der Waals surface area contributed by atoms with Gasteiger partial charge in [0.05, 0.1) is 0 Å². The Bertz CT molecular complexity index is 514. The van der Waals surface area contributed by atoms with E-state index in [9.17, 15) is 0 Å². The number of hydrogen-bond donors (Lipinski definition) is 0. The second-order valence-electron chi connectivity index (χ2n) is 9.77. The van der Waals surface area contributed by atoms with Crippen LogP contribution in [0.4, 0.5) is 0 Å². The lowest BCUT2D eigenvalue weighted by atomic mass is 9.44. The second-order valence-corrected chi connectivity index (χ2v) is 9.77. The van der Waals surface area contributed by atoms with E-state index in [4.69, 9.17) is 0 Å². The summed E-state index contributed by atoms with van der Waals surface area (Å²) in [6, 6.07) is 0. The van der Waals surface area contributed by atoms with Gasteiger partial charge in [-0.3, -0.25) is 0 Å². The molecule has 0 spiro atoms. The first-order chi connectivity index (χ1) is 10.4. The Kier molecular flexibility index (Phi) is 3.24. The Morgan fingerprint density at radius 3 is 2.55 bits per heavy atom. The van der Waals surface area contributed by atoms with Crippen LogP contribution in [0, 0.1) is 40.4 Å². The molecule has 4 fully saturated rings. The van der Waals surface area contributed by atoms with E-state index in [2.05, 4.69) is 33.9 Å². The highest BCUT2D eigenvalue weighted by molar-refractivity contribution is 5.23. The largest absolute Gasteiger partial charge is 0.0999 e. The molecule has 4 aliphatic rings. The van der Waals surface area contributed by atoms with E-state index >= 15 is 0 Å². The summed E-state index contributed by atoms with van der Waals surface area (Å²) in [6.45, 7) is 16.5. The molecule has 0 aliphatic heterocycles. The van der Waals surface area contributed by atoms with Crippen LogP contribution < -0.4 is 0 Å². The molecule has 4 aliphatic carbocycles. The SMILES string of the molecule is C=C1CCC2(C)C(CCC3C4C(C)CC(=C)C4(C)CCC32)C1. The summed E-state index contributed by atoms with van der Waals surface area (Å²) in [6.07, 6.45) is 11.1. The van der Waals surface area contributed by atoms with Crippen molar-refractivity contribution in [3.63, 3.8) is 0 Å². The summed E-state index contributed by atoms with van der Waals surface area (Å²) in [5.74, 6) is 4.66. The third-order valence-electron chi connectivity index (χ3n) is 8.86. The van der Waals surface area contributed by atoms with E-state index in [1.54, 1.807) is 5.57 Å². The molecular formula is C22H34. The zero-order valence-electron chi connectivity index (χ0n) is 15.0. The minimum atomic E-state index is 0.460. The molecule has 0 radical (unpaired) electrons. The lowest BCUT2D eigenvalue weighted by molar-refractivity contribution is -0.0988. The molecule has 0 aromatic rings. The molecule has 0 amide bonds. The van der Waals surface area contributed by atoms with E-state index in [1.165, 1.54) is 56.9 Å². The first-order valence-corrected chi connectivity index (χ1v) is 9.71. The monoisotopic (exact) mass is 298 g/mol. The summed E-state index contributed by atoms with van der Waals surface area (Å²) < 4.78 is 0. The van der Waals surface area contributed by atoms with Gasteiger partial charge in [0.25, 0.3) is 0 Å². The highest BCUT2D eigenvalue weighted by Gasteiger charge is 2.59. The van der Waals surface area contributed by atoms with Crippen LogP contribution in [0.2, 0.25) is 0 Å². The van der Waals surface area contributed by atoms with Crippen molar-refractivity contribution in [1.29, 1.82) is 0 Å². The third kappa shape index (κ3) is 1.82. The van der Waals surface area contributed by atoms with Gasteiger partial charge in [-0.15, -0.1) is 0 Å². The molecule has 0 heteroatoms. The molecule has 4 saturated carbocycles. The number of rotatable bonds is 0. The quantitative estimate of drug-likeness (QED) is 0.455. The summed E-state index contributed by atoms with van der Waals surface area (Å²) in [4.78, 5) is 0. The van der Waals surface area contributed by atoms with Crippen molar-refractivity contribution >= 4 is 0 Å². The van der Waals surface area contributed by atoms with Crippen molar-refractivity contribution in [3.8, 4) is 0 Å². The van der Waals surface area contributed by atoms with E-state index in [0.29, 0.717) is 10.8 Å². The van der Waals surface area contributed by atoms with Gasteiger partial charge in [-0.25, -0.2) is 0 Å². The highest BCUT2D eigenvalue weighted by Crippen LogP contribution is 2.68. The first kappa shape index (κ1) is 15.0. The maximum Gasteiger partial charge on any atom is -0.00852 e. The molecule has 122 valence electrons. The lowest BCUT2D eigenvalue weighted by Crippen LogP contribution is -2.53. The molecule has 7 atom stereocenters. The summed E-state index contributed by atoms with van der Waals surface area (Å²) in [5.41, 5.74) is 4.17. The third-order valence-corrected chi connectivity index (χ3v) is 8.86. The van der Waals surface area contributed by atoms with Crippen LogP contribution in [-0.2, 0) is 0 Å². The van der Waals surface area contributed by atoms with Crippen LogP contribution in [0.15, 0.2) is 24.3 Å². The summed E-state index contributed by atoms with van der Waals surface area (Å²) in [5, 5.41) is 0. The summed E-state index contributed by atoms with van der Waals surface area (Å²) >= 11 is 0. The Hall–Kier alpha value is -0.520. The number of fused-ring (bicyclic) bond motifs is 5. The van der Waals surface area contributed by atoms with Gasteiger partial charge >= 0.3 is 0 Å². The van der Waals surface area contributed by atoms with Crippen LogP contribution in [0.3, 0.4) is 0 Å². The summed E-state index contributed by atoms with van der Waals surface area (Å²) in [7, 11) is 0. The van der Waals surface area contributed by atoms with Crippen LogP contribution >= 0.6 is 0 Å². The predicted octanol–water partition coefficient (Wildman–Crippen LogP) is 6.39. The van der Waals surface area contributed by atoms with E-state index in [0.717, 1.165) is 29.6 Å². The maximum atomic E-state index is 4.50. The zero-order chi connectivity index (χ0) is 15.7. The molecule has 0 aromatic carbocycles. The average molecular weight is 299 g/mol. The van der Waals surface area contributed by atoms with Crippen LogP contribution in [-0.4, -0.2) is 0 Å². The fourth-order valence-corrected chi connectivity index (χ4v) is 7.62. The van der Waals surface area contributed by atoms with Crippen molar-refractivity contribution in [2.24, 2.45) is 40.4 Å². The molecule has 22 heavy (non-hydrogen) atoms. The van der Waals surface area contributed by atoms with Gasteiger partial charge in [0.2, 0.25) is 0 Å². The topological polar surface area (TPSA) is 0 Å². The molecule has 4 rings (SSSR count). The molecular weight excluding hydrogens is 264 g/mol. The molecule has 0 aromatic heterocycles. The Balaban J connectivity index is 1.68. The smallest absolute Gasteiger partial charge is 0.00852 e. The fraction of sp³-hybridized carbons (Fsp3) is 0.818. The Morgan fingerprint density at radius 2 is 1.77 bits per heavy atom. The Morgan fingerprint density at radius 1 is 1.00 bits per heavy atom. The molecule has 0 heterocycles. The zero-order valence-corrected chi connectivity index (χ0v) is 15.0. The second kappa shape index (κ2) is 4.74. The van der Waals surface area contributed by atoms with Gasteiger partial charge in [0, 0.05) is 0 Å². The normalized spacial score (nSPS) is 54.6. The van der Waals surface area contributed by atoms with Gasteiger partial charge in [0.1, 0.15) is 0 Å². The van der Waals surface area contributed by atoms with Crippen molar-refractivity contribution in [2.75, 3.05) is 0 Å². The van der Waals surface area contributed by atoms with Gasteiger partial charge in [0.15, 0.2) is 0 Å². The maximum absolute atomic E-state index is 4.50. The van der Waals surface area contributed by atoms with Gasteiger partial charge in [-0.1, -0.05) is 45.1 Å². The van der Waals surface area contributed by atoms with Crippen molar-refractivity contribution < 1.29 is 0 Å². The molecule has 0 saturated heterocycles. The molecule has 7 unspecified atom stereocenters. The predicted molar refractivity (Wildman–Crippen MR) is 94.6 cm³/mol. The van der Waals surface area contributed by atoms with Crippen LogP contribution in [0.1, 0.15) is 72.1 Å². The van der Waals surface area contributed by atoms with Crippen molar-refractivity contribution in [3.05, 3.63) is 24.3 Å². The average Bonchev–Trinajstić information content (AvgIpc) is 2.70. The van der Waals surface area contributed by atoms with E-state index in [1.807, 2.05) is 0 Å². The van der Waals surface area contributed by atoms with E-state index in [-0.39, 0.29) is 0 Å². The van der Waals surface area contributed by atoms with Crippen molar-refractivity contribution in [1.82, 2.24) is 0 Å². The molecule has 0 N–H and O–H groups in total. The van der Waals surface area contributed by atoms with Crippen molar-refractivity contribution in [2.45, 2.75) is 72.1 Å². The minimum Gasteiger partial charge on any atom is -0.0999 e. The van der Waals surface area contributed by atoms with Gasteiger partial charge in [-0.05, 0) is 91.8 Å². The fourth-order valence-electron chi connectivity index (χ4n) is 7.62. The number of hydrogen-bond acceptors (Lipinski definition) is 0. The van der Waals surface area contributed by atoms with Crippen LogP contribution in [0.5, 0.6) is 0 Å². The first-order valence-electron chi connectivity index (χ1n) is 9.71. The minimum absolute atomic E-state index is 0.460. The lowest BCUT2D eigenvalue weighted by Gasteiger charge is -2.60. The van der Waals surface area contributed by atoms with Crippen LogP contribution in [0.25, 0.3) is 0 Å². The highest BCUT2D eigenvalue weighted by atomic mass is 14.6. The standard InChI is InChI=1S/C22H34/c1-14-8-10-22(5)17(12-14)6-7-18-19(22)9-11-21(4)16(3)13-15(2)20(18)21/h15,17-20H,1,3,6-13H2,2,4-5H3. The van der Waals surface area contributed by atoms with Gasteiger partial charge < -0.3 is 0 Å². The van der Waals surface area contributed by atoms with E-state index < -0.39 is 0 Å². The molecule has 0 nitrogen and oxygen atoms in total. The molecule has 0 bridgehead atoms. The number of allylic oxidation sites excluding steroid dienone is 2.